The third-order valence-corrected chi connectivity index (χ3v) is 4.63. The highest BCUT2D eigenvalue weighted by molar-refractivity contribution is 6.08. The lowest BCUT2D eigenvalue weighted by Crippen LogP contribution is -2.46. The zero-order valence-corrected chi connectivity index (χ0v) is 10.8. The van der Waals surface area contributed by atoms with E-state index < -0.39 is 0 Å². The fraction of sp³-hybridized carbons (Fsp3) is 0.857. The molecule has 94 valence electrons. The SMILES string of the molecule is CC1(C)CC(=O)[C@H]2C(C3CCCC3)=NN[C@H]2C1. The van der Waals surface area contributed by atoms with Crippen LogP contribution in [0.5, 0.6) is 0 Å². The van der Waals surface area contributed by atoms with Gasteiger partial charge >= 0.3 is 0 Å². The number of nitrogens with zero attached hydrogens (tertiary/aromatic N) is 1. The minimum Gasteiger partial charge on any atom is -0.306 e. The van der Waals surface area contributed by atoms with Gasteiger partial charge in [-0.1, -0.05) is 26.7 Å². The molecule has 3 nitrogen and oxygen atoms in total. The van der Waals surface area contributed by atoms with Gasteiger partial charge in [0.25, 0.3) is 0 Å². The van der Waals surface area contributed by atoms with E-state index in [1.54, 1.807) is 0 Å². The monoisotopic (exact) mass is 234 g/mol. The van der Waals surface area contributed by atoms with Gasteiger partial charge in [0.1, 0.15) is 5.78 Å². The van der Waals surface area contributed by atoms with Crippen LogP contribution in [0.3, 0.4) is 0 Å². The van der Waals surface area contributed by atoms with Crippen LogP contribution in [0, 0.1) is 17.3 Å². The first-order valence-electron chi connectivity index (χ1n) is 6.92. The molecule has 0 saturated heterocycles. The molecule has 1 N–H and O–H groups in total. The smallest absolute Gasteiger partial charge is 0.144 e. The average Bonchev–Trinajstić information content (AvgIpc) is 2.81. The van der Waals surface area contributed by atoms with Crippen molar-refractivity contribution < 1.29 is 4.79 Å². The first kappa shape index (κ1) is 11.2. The van der Waals surface area contributed by atoms with Crippen molar-refractivity contribution in [2.45, 2.75) is 58.4 Å². The van der Waals surface area contributed by atoms with E-state index in [9.17, 15) is 4.79 Å². The van der Waals surface area contributed by atoms with Crippen LogP contribution in [-0.4, -0.2) is 17.5 Å². The van der Waals surface area contributed by atoms with Crippen LogP contribution in [-0.2, 0) is 4.79 Å². The average molecular weight is 234 g/mol. The minimum absolute atomic E-state index is 0.103. The predicted molar refractivity (Wildman–Crippen MR) is 67.8 cm³/mol. The molecular formula is C14H22N2O. The predicted octanol–water partition coefficient (Wildman–Crippen LogP) is 2.51. The van der Waals surface area contributed by atoms with E-state index in [1.807, 2.05) is 0 Å². The first-order chi connectivity index (χ1) is 8.07. The molecule has 0 bridgehead atoms. The van der Waals surface area contributed by atoms with E-state index >= 15 is 0 Å². The van der Waals surface area contributed by atoms with Crippen molar-refractivity contribution in [2.75, 3.05) is 0 Å². The zero-order chi connectivity index (χ0) is 12.0. The molecule has 2 aliphatic carbocycles. The van der Waals surface area contributed by atoms with Crippen LogP contribution in [0.25, 0.3) is 0 Å². The van der Waals surface area contributed by atoms with Crippen LogP contribution < -0.4 is 5.43 Å². The summed E-state index contributed by atoms with van der Waals surface area (Å²) in [5, 5.41) is 4.52. The van der Waals surface area contributed by atoms with Crippen molar-refractivity contribution in [2.24, 2.45) is 22.4 Å². The summed E-state index contributed by atoms with van der Waals surface area (Å²) in [7, 11) is 0. The van der Waals surface area contributed by atoms with Gasteiger partial charge in [-0.25, -0.2) is 0 Å². The van der Waals surface area contributed by atoms with Crippen molar-refractivity contribution in [3.63, 3.8) is 0 Å². The fourth-order valence-corrected chi connectivity index (χ4v) is 3.88. The molecule has 2 saturated carbocycles. The Hall–Kier alpha value is -0.860. The third kappa shape index (κ3) is 1.90. The van der Waals surface area contributed by atoms with Gasteiger partial charge < -0.3 is 5.43 Å². The molecule has 1 heterocycles. The summed E-state index contributed by atoms with van der Waals surface area (Å²) >= 11 is 0. The van der Waals surface area contributed by atoms with Gasteiger partial charge in [-0.3, -0.25) is 4.79 Å². The van der Waals surface area contributed by atoms with Gasteiger partial charge in [-0.15, -0.1) is 0 Å². The van der Waals surface area contributed by atoms with Gasteiger partial charge in [0.2, 0.25) is 0 Å². The molecule has 0 amide bonds. The quantitative estimate of drug-likeness (QED) is 0.757. The van der Waals surface area contributed by atoms with Crippen molar-refractivity contribution in [1.82, 2.24) is 5.43 Å². The Morgan fingerprint density at radius 2 is 2.00 bits per heavy atom. The highest BCUT2D eigenvalue weighted by atomic mass is 16.1. The molecule has 2 fully saturated rings. The summed E-state index contributed by atoms with van der Waals surface area (Å²) in [6, 6.07) is 0.279. The molecule has 2 atom stereocenters. The molecule has 0 spiro atoms. The largest absolute Gasteiger partial charge is 0.306 e. The summed E-state index contributed by atoms with van der Waals surface area (Å²) in [6.07, 6.45) is 6.88. The Bertz CT molecular complexity index is 366. The van der Waals surface area contributed by atoms with Crippen molar-refractivity contribution in [1.29, 1.82) is 0 Å². The lowest BCUT2D eigenvalue weighted by molar-refractivity contribution is -0.126. The van der Waals surface area contributed by atoms with Crippen molar-refractivity contribution in [3.8, 4) is 0 Å². The van der Waals surface area contributed by atoms with Gasteiger partial charge in [-0.05, 0) is 30.6 Å². The summed E-state index contributed by atoms with van der Waals surface area (Å²) in [6.45, 7) is 4.38. The number of nitrogens with one attached hydrogen (secondary N) is 1. The molecule has 1 aliphatic heterocycles. The van der Waals surface area contributed by atoms with Crippen LogP contribution >= 0.6 is 0 Å². The van der Waals surface area contributed by atoms with Gasteiger partial charge in [0, 0.05) is 6.42 Å². The lowest BCUT2D eigenvalue weighted by Gasteiger charge is -2.36. The number of Topliss-reactive ketones (excluding diaryl/α,β-unsaturated/α-hetero) is 1. The topological polar surface area (TPSA) is 41.5 Å². The molecule has 17 heavy (non-hydrogen) atoms. The second-order valence-corrected chi connectivity index (χ2v) is 6.74. The Morgan fingerprint density at radius 3 is 2.71 bits per heavy atom. The molecule has 0 aromatic rings. The number of hydrogen-bond acceptors (Lipinski definition) is 3. The number of hydrogen-bond donors (Lipinski definition) is 1. The summed E-state index contributed by atoms with van der Waals surface area (Å²) in [4.78, 5) is 12.3. The molecular weight excluding hydrogens is 212 g/mol. The molecule has 3 heteroatoms. The maximum absolute atomic E-state index is 12.3. The zero-order valence-electron chi connectivity index (χ0n) is 10.8. The highest BCUT2D eigenvalue weighted by Gasteiger charge is 2.47. The maximum Gasteiger partial charge on any atom is 0.144 e. The Kier molecular flexibility index (Phi) is 2.53. The minimum atomic E-state index is 0.103. The van der Waals surface area contributed by atoms with Gasteiger partial charge in [0.05, 0.1) is 17.7 Å². The van der Waals surface area contributed by atoms with Crippen LogP contribution in [0.2, 0.25) is 0 Å². The number of carbonyl (C=O) groups is 1. The second-order valence-electron chi connectivity index (χ2n) is 6.74. The van der Waals surface area contributed by atoms with Crippen LogP contribution in [0.4, 0.5) is 0 Å². The Balaban J connectivity index is 1.80. The molecule has 3 rings (SSSR count). The standard InChI is InChI=1S/C14H22N2O/c1-14(2)7-10-12(11(17)8-14)13(16-15-10)9-5-3-4-6-9/h9-10,12,15H,3-8H2,1-2H3/t10-,12-/m0/s1. The highest BCUT2D eigenvalue weighted by Crippen LogP contribution is 2.41. The van der Waals surface area contributed by atoms with Gasteiger partial charge in [-0.2, -0.15) is 5.10 Å². The van der Waals surface area contributed by atoms with Crippen molar-refractivity contribution in [3.05, 3.63) is 0 Å². The van der Waals surface area contributed by atoms with E-state index in [1.165, 1.54) is 31.4 Å². The van der Waals surface area contributed by atoms with E-state index in [-0.39, 0.29) is 17.4 Å². The van der Waals surface area contributed by atoms with Gasteiger partial charge in [0.15, 0.2) is 0 Å². The lowest BCUT2D eigenvalue weighted by atomic mass is 9.67. The summed E-state index contributed by atoms with van der Waals surface area (Å²) in [5.41, 5.74) is 4.57. The number of hydrazone groups is 1. The Morgan fingerprint density at radius 1 is 1.29 bits per heavy atom. The molecule has 0 aromatic heterocycles. The Labute approximate surface area is 103 Å². The van der Waals surface area contributed by atoms with Crippen LogP contribution in [0.1, 0.15) is 52.4 Å². The van der Waals surface area contributed by atoms with E-state index in [0.29, 0.717) is 11.7 Å². The second kappa shape index (κ2) is 3.82. The summed E-state index contributed by atoms with van der Waals surface area (Å²) in [5.74, 6) is 1.11. The number of ketones is 1. The van der Waals surface area contributed by atoms with E-state index in [2.05, 4.69) is 24.4 Å². The summed E-state index contributed by atoms with van der Waals surface area (Å²) < 4.78 is 0. The molecule has 0 unspecified atom stereocenters. The molecule has 3 aliphatic rings. The molecule has 0 radical (unpaired) electrons. The molecule has 0 aromatic carbocycles. The third-order valence-electron chi connectivity index (χ3n) is 4.63. The maximum atomic E-state index is 12.3. The first-order valence-corrected chi connectivity index (χ1v) is 6.92. The number of fused-ring (bicyclic) bond motifs is 1. The number of rotatable bonds is 1. The fourth-order valence-electron chi connectivity index (χ4n) is 3.88. The van der Waals surface area contributed by atoms with Crippen LogP contribution in [0.15, 0.2) is 5.10 Å². The van der Waals surface area contributed by atoms with Crippen molar-refractivity contribution >= 4 is 11.5 Å². The normalized spacial score (nSPS) is 36.6. The van der Waals surface area contributed by atoms with E-state index in [4.69, 9.17) is 0 Å². The van der Waals surface area contributed by atoms with E-state index in [0.717, 1.165) is 12.8 Å². The number of carbonyl (C=O) groups excluding carboxylic acids is 1.